The lowest BCUT2D eigenvalue weighted by Crippen LogP contribution is -1.94. The number of halogens is 3. The second kappa shape index (κ2) is 5.79. The van der Waals surface area contributed by atoms with Crippen LogP contribution in [0.5, 0.6) is 0 Å². The van der Waals surface area contributed by atoms with Crippen molar-refractivity contribution in [3.8, 4) is 22.7 Å². The van der Waals surface area contributed by atoms with E-state index < -0.39 is 0 Å². The summed E-state index contributed by atoms with van der Waals surface area (Å²) in [6, 6.07) is 9.61. The van der Waals surface area contributed by atoms with Gasteiger partial charge < -0.3 is 4.42 Å². The third-order valence-electron chi connectivity index (χ3n) is 2.98. The summed E-state index contributed by atoms with van der Waals surface area (Å²) in [5.74, 6) is 0.840. The van der Waals surface area contributed by atoms with Crippen LogP contribution in [0.25, 0.3) is 22.7 Å². The lowest BCUT2D eigenvalue weighted by Gasteiger charge is -2.08. The molecule has 0 radical (unpaired) electrons. The molecule has 2 aromatic heterocycles. The van der Waals surface area contributed by atoms with Gasteiger partial charge in [0.2, 0.25) is 0 Å². The van der Waals surface area contributed by atoms with Crippen LogP contribution in [0.2, 0.25) is 10.3 Å². The van der Waals surface area contributed by atoms with Gasteiger partial charge in [0.15, 0.2) is 11.6 Å². The van der Waals surface area contributed by atoms with Gasteiger partial charge in [0.25, 0.3) is 0 Å². The molecule has 0 spiro atoms. The van der Waals surface area contributed by atoms with Crippen LogP contribution in [0.15, 0.2) is 45.5 Å². The first kappa shape index (κ1) is 14.6. The molecule has 2 heterocycles. The number of furan rings is 1. The Morgan fingerprint density at radius 1 is 1.00 bits per heavy atom. The maximum absolute atomic E-state index is 6.29. The molecular formula is C15H9BrCl2N2O. The molecular weight excluding hydrogens is 375 g/mol. The number of hydrogen-bond donors (Lipinski definition) is 0. The number of benzene rings is 1. The van der Waals surface area contributed by atoms with Gasteiger partial charge in [-0.05, 0) is 34.5 Å². The Morgan fingerprint density at radius 3 is 2.14 bits per heavy atom. The lowest BCUT2D eigenvalue weighted by atomic mass is 10.1. The van der Waals surface area contributed by atoms with Crippen molar-refractivity contribution in [2.24, 2.45) is 0 Å². The number of hydrogen-bond acceptors (Lipinski definition) is 3. The molecule has 21 heavy (non-hydrogen) atoms. The SMILES string of the molecule is Cc1ccc(-c2c(Cl)nc(-c3occc3Br)nc2Cl)cc1. The van der Waals surface area contributed by atoms with Crippen molar-refractivity contribution >= 4 is 39.1 Å². The smallest absolute Gasteiger partial charge is 0.199 e. The summed E-state index contributed by atoms with van der Waals surface area (Å²) in [7, 11) is 0. The van der Waals surface area contributed by atoms with E-state index in [0.29, 0.717) is 17.1 Å². The summed E-state index contributed by atoms with van der Waals surface area (Å²) in [6.07, 6.45) is 1.54. The summed E-state index contributed by atoms with van der Waals surface area (Å²) >= 11 is 15.9. The van der Waals surface area contributed by atoms with Crippen LogP contribution in [-0.2, 0) is 0 Å². The van der Waals surface area contributed by atoms with Gasteiger partial charge in [0.05, 0.1) is 16.3 Å². The van der Waals surface area contributed by atoms with Gasteiger partial charge in [0, 0.05) is 0 Å². The fraction of sp³-hybridized carbons (Fsp3) is 0.0667. The molecule has 0 aliphatic carbocycles. The molecule has 0 unspecified atom stereocenters. The van der Waals surface area contributed by atoms with E-state index in [9.17, 15) is 0 Å². The zero-order chi connectivity index (χ0) is 15.0. The van der Waals surface area contributed by atoms with Crippen LogP contribution in [0.4, 0.5) is 0 Å². The van der Waals surface area contributed by atoms with Crippen LogP contribution in [0.1, 0.15) is 5.56 Å². The number of aromatic nitrogens is 2. The fourth-order valence-electron chi connectivity index (χ4n) is 1.92. The molecule has 6 heteroatoms. The van der Waals surface area contributed by atoms with Crippen LogP contribution < -0.4 is 0 Å². The predicted octanol–water partition coefficient (Wildman–Crippen LogP) is 5.78. The van der Waals surface area contributed by atoms with E-state index in [1.165, 1.54) is 0 Å². The van der Waals surface area contributed by atoms with Crippen molar-refractivity contribution in [3.63, 3.8) is 0 Å². The number of aryl methyl sites for hydroxylation is 1. The van der Waals surface area contributed by atoms with E-state index in [-0.39, 0.29) is 10.3 Å². The molecule has 0 amide bonds. The summed E-state index contributed by atoms with van der Waals surface area (Å²) in [6.45, 7) is 2.01. The highest BCUT2D eigenvalue weighted by Crippen LogP contribution is 2.36. The normalized spacial score (nSPS) is 10.9. The zero-order valence-electron chi connectivity index (χ0n) is 10.9. The Balaban J connectivity index is 2.13. The molecule has 0 saturated carbocycles. The maximum Gasteiger partial charge on any atom is 0.199 e. The van der Waals surface area contributed by atoms with Gasteiger partial charge in [-0.2, -0.15) is 0 Å². The number of rotatable bonds is 2. The summed E-state index contributed by atoms with van der Waals surface area (Å²) in [4.78, 5) is 8.56. The second-order valence-corrected chi connectivity index (χ2v) is 6.04. The Morgan fingerprint density at radius 2 is 1.62 bits per heavy atom. The molecule has 0 fully saturated rings. The first-order chi connectivity index (χ1) is 10.1. The third kappa shape index (κ3) is 2.84. The Kier molecular flexibility index (Phi) is 4.02. The van der Waals surface area contributed by atoms with Crippen molar-refractivity contribution in [2.75, 3.05) is 0 Å². The maximum atomic E-state index is 6.29. The Hall–Kier alpha value is -1.36. The standard InChI is InChI=1S/C15H9BrCl2N2O/c1-8-2-4-9(5-3-8)11-13(17)19-15(20-14(11)18)12-10(16)6-7-21-12/h2-7H,1H3. The fourth-order valence-corrected chi connectivity index (χ4v) is 2.91. The average molecular weight is 384 g/mol. The van der Waals surface area contributed by atoms with Crippen LogP contribution in [0.3, 0.4) is 0 Å². The highest BCUT2D eigenvalue weighted by molar-refractivity contribution is 9.10. The summed E-state index contributed by atoms with van der Waals surface area (Å²) < 4.78 is 6.08. The van der Waals surface area contributed by atoms with Crippen molar-refractivity contribution in [1.82, 2.24) is 9.97 Å². The van der Waals surface area contributed by atoms with Crippen LogP contribution in [-0.4, -0.2) is 9.97 Å². The quantitative estimate of drug-likeness (QED) is 0.526. The lowest BCUT2D eigenvalue weighted by molar-refractivity contribution is 0.576. The van der Waals surface area contributed by atoms with E-state index in [0.717, 1.165) is 15.6 Å². The summed E-state index contributed by atoms with van der Waals surface area (Å²) in [5.41, 5.74) is 2.65. The van der Waals surface area contributed by atoms with Crippen LogP contribution >= 0.6 is 39.1 Å². The van der Waals surface area contributed by atoms with E-state index in [1.807, 2.05) is 31.2 Å². The van der Waals surface area contributed by atoms with Gasteiger partial charge in [0.1, 0.15) is 10.3 Å². The number of nitrogens with zero attached hydrogens (tertiary/aromatic N) is 2. The van der Waals surface area contributed by atoms with E-state index in [2.05, 4.69) is 25.9 Å². The van der Waals surface area contributed by atoms with Crippen molar-refractivity contribution in [3.05, 3.63) is 56.9 Å². The molecule has 0 atom stereocenters. The van der Waals surface area contributed by atoms with Gasteiger partial charge in [-0.3, -0.25) is 0 Å². The van der Waals surface area contributed by atoms with E-state index >= 15 is 0 Å². The van der Waals surface area contributed by atoms with Gasteiger partial charge in [-0.25, -0.2) is 9.97 Å². The molecule has 3 aromatic rings. The average Bonchev–Trinajstić information content (AvgIpc) is 2.86. The molecule has 106 valence electrons. The second-order valence-electron chi connectivity index (χ2n) is 4.47. The van der Waals surface area contributed by atoms with E-state index in [1.54, 1.807) is 12.3 Å². The van der Waals surface area contributed by atoms with Crippen molar-refractivity contribution in [2.45, 2.75) is 6.92 Å². The third-order valence-corrected chi connectivity index (χ3v) is 4.15. The zero-order valence-corrected chi connectivity index (χ0v) is 14.0. The minimum absolute atomic E-state index is 0.289. The molecule has 1 aromatic carbocycles. The monoisotopic (exact) mass is 382 g/mol. The minimum Gasteiger partial charge on any atom is -0.460 e. The minimum atomic E-state index is 0.289. The highest BCUT2D eigenvalue weighted by atomic mass is 79.9. The predicted molar refractivity (Wildman–Crippen MR) is 87.6 cm³/mol. The molecule has 3 nitrogen and oxygen atoms in total. The molecule has 0 saturated heterocycles. The molecule has 3 rings (SSSR count). The van der Waals surface area contributed by atoms with Gasteiger partial charge >= 0.3 is 0 Å². The first-order valence-corrected chi connectivity index (χ1v) is 7.64. The van der Waals surface area contributed by atoms with Crippen molar-refractivity contribution < 1.29 is 4.42 Å². The van der Waals surface area contributed by atoms with Crippen molar-refractivity contribution in [1.29, 1.82) is 0 Å². The van der Waals surface area contributed by atoms with E-state index in [4.69, 9.17) is 27.6 Å². The van der Waals surface area contributed by atoms with Gasteiger partial charge in [-0.1, -0.05) is 53.0 Å². The molecule has 0 N–H and O–H groups in total. The molecule has 0 aliphatic rings. The Bertz CT molecular complexity index is 777. The van der Waals surface area contributed by atoms with Gasteiger partial charge in [-0.15, -0.1) is 0 Å². The largest absolute Gasteiger partial charge is 0.460 e. The molecule has 0 bridgehead atoms. The van der Waals surface area contributed by atoms with Crippen LogP contribution in [0, 0.1) is 6.92 Å². The highest BCUT2D eigenvalue weighted by Gasteiger charge is 2.17. The molecule has 0 aliphatic heterocycles. The topological polar surface area (TPSA) is 38.9 Å². The Labute approximate surface area is 140 Å². The first-order valence-electron chi connectivity index (χ1n) is 6.09. The summed E-state index contributed by atoms with van der Waals surface area (Å²) in [5, 5.41) is 0.578.